The molecule has 0 bridgehead atoms. The van der Waals surface area contributed by atoms with Crippen LogP contribution in [0.25, 0.3) is 0 Å². The molecule has 0 saturated carbocycles. The van der Waals surface area contributed by atoms with E-state index in [1.54, 1.807) is 6.26 Å². The van der Waals surface area contributed by atoms with E-state index in [0.717, 1.165) is 18.4 Å². The summed E-state index contributed by atoms with van der Waals surface area (Å²) in [4.78, 5) is 9.83. The van der Waals surface area contributed by atoms with Crippen molar-refractivity contribution in [3.05, 3.63) is 51.7 Å². The van der Waals surface area contributed by atoms with Crippen molar-refractivity contribution in [2.45, 2.75) is 6.42 Å². The van der Waals surface area contributed by atoms with Gasteiger partial charge in [0, 0.05) is 6.54 Å². The zero-order valence-corrected chi connectivity index (χ0v) is 11.0. The Kier molecular flexibility index (Phi) is 6.71. The number of rotatable bonds is 8. The minimum atomic E-state index is -0.459. The second-order valence-corrected chi connectivity index (χ2v) is 4.27. The summed E-state index contributed by atoms with van der Waals surface area (Å²) in [5, 5.41) is 13.8. The molecule has 1 rings (SSSR count). The lowest BCUT2D eigenvalue weighted by Crippen LogP contribution is -2.16. The van der Waals surface area contributed by atoms with Gasteiger partial charge in [-0.3, -0.25) is 10.1 Å². The first-order chi connectivity index (χ1) is 8.72. The molecule has 6 heteroatoms. The van der Waals surface area contributed by atoms with Gasteiger partial charge in [-0.1, -0.05) is 18.2 Å². The summed E-state index contributed by atoms with van der Waals surface area (Å²) < 4.78 is 5.50. The zero-order valence-electron chi connectivity index (χ0n) is 10.2. The molecule has 0 aliphatic carbocycles. The Labute approximate surface area is 110 Å². The van der Waals surface area contributed by atoms with Crippen molar-refractivity contribution in [2.75, 3.05) is 19.4 Å². The van der Waals surface area contributed by atoms with Crippen LogP contribution in [-0.4, -0.2) is 24.3 Å². The van der Waals surface area contributed by atoms with Gasteiger partial charge in [0.1, 0.15) is 10.8 Å². The Morgan fingerprint density at radius 2 is 2.22 bits per heavy atom. The Balaban J connectivity index is 2.17. The maximum absolute atomic E-state index is 10.3. The van der Waals surface area contributed by atoms with E-state index in [1.165, 1.54) is 11.8 Å². The van der Waals surface area contributed by atoms with E-state index in [4.69, 9.17) is 4.74 Å². The van der Waals surface area contributed by atoms with Crippen molar-refractivity contribution in [3.8, 4) is 5.75 Å². The molecule has 0 amide bonds. The van der Waals surface area contributed by atoms with Crippen molar-refractivity contribution in [2.24, 2.45) is 0 Å². The van der Waals surface area contributed by atoms with Crippen LogP contribution in [-0.2, 0) is 0 Å². The number of para-hydroxylation sites is 1. The average molecular weight is 268 g/mol. The summed E-state index contributed by atoms with van der Waals surface area (Å²) in [7, 11) is 0. The predicted octanol–water partition coefficient (Wildman–Crippen LogP) is 2.48. The topological polar surface area (TPSA) is 64.4 Å². The minimum Gasteiger partial charge on any atom is -0.494 e. The first kappa shape index (κ1) is 14.4. The van der Waals surface area contributed by atoms with Crippen LogP contribution in [0.2, 0.25) is 0 Å². The van der Waals surface area contributed by atoms with Crippen LogP contribution in [0.5, 0.6) is 5.75 Å². The molecular weight excluding hydrogens is 252 g/mol. The summed E-state index contributed by atoms with van der Waals surface area (Å²) >= 11 is 1.32. The van der Waals surface area contributed by atoms with Gasteiger partial charge in [-0.2, -0.15) is 0 Å². The Bertz CT molecular complexity index is 396. The standard InChI is InChI=1S/C12H16N2O3S/c1-18-12(10-14(15)16)13-8-5-9-17-11-6-3-2-4-7-11/h2-4,6-7,10,13H,5,8-9H2,1H3. The molecule has 0 aliphatic rings. The first-order valence-corrected chi connectivity index (χ1v) is 6.76. The van der Waals surface area contributed by atoms with Crippen molar-refractivity contribution in [3.63, 3.8) is 0 Å². The first-order valence-electron chi connectivity index (χ1n) is 5.53. The molecule has 0 unspecified atom stereocenters. The Morgan fingerprint density at radius 1 is 1.50 bits per heavy atom. The second-order valence-electron chi connectivity index (χ2n) is 3.42. The van der Waals surface area contributed by atoms with E-state index in [0.29, 0.717) is 18.2 Å². The molecule has 18 heavy (non-hydrogen) atoms. The molecule has 0 radical (unpaired) electrons. The molecule has 5 nitrogen and oxygen atoms in total. The summed E-state index contributed by atoms with van der Waals surface area (Å²) in [5.74, 6) is 0.837. The molecule has 0 saturated heterocycles. The number of nitrogens with one attached hydrogen (secondary N) is 1. The molecular formula is C12H16N2O3S. The van der Waals surface area contributed by atoms with Gasteiger partial charge in [-0.25, -0.2) is 0 Å². The normalized spacial score (nSPS) is 11.1. The summed E-state index contributed by atoms with van der Waals surface area (Å²) in [6.07, 6.45) is 3.55. The lowest BCUT2D eigenvalue weighted by molar-refractivity contribution is -0.403. The summed E-state index contributed by atoms with van der Waals surface area (Å²) in [5.41, 5.74) is 0. The number of benzene rings is 1. The van der Waals surface area contributed by atoms with Crippen molar-refractivity contribution in [1.29, 1.82) is 0 Å². The number of nitro groups is 1. The number of hydrogen-bond acceptors (Lipinski definition) is 5. The number of hydrogen-bond donors (Lipinski definition) is 1. The van der Waals surface area contributed by atoms with Gasteiger partial charge in [0.15, 0.2) is 0 Å². The molecule has 0 spiro atoms. The third-order valence-corrected chi connectivity index (χ3v) is 2.76. The highest BCUT2D eigenvalue weighted by Gasteiger charge is 2.00. The molecule has 1 aromatic rings. The van der Waals surface area contributed by atoms with E-state index in [2.05, 4.69) is 5.32 Å². The highest BCUT2D eigenvalue weighted by Crippen LogP contribution is 2.09. The van der Waals surface area contributed by atoms with Crippen molar-refractivity contribution >= 4 is 11.8 Å². The summed E-state index contributed by atoms with van der Waals surface area (Å²) in [6, 6.07) is 9.56. The maximum Gasteiger partial charge on any atom is 0.263 e. The van der Waals surface area contributed by atoms with E-state index in [1.807, 2.05) is 30.3 Å². The smallest absolute Gasteiger partial charge is 0.263 e. The SMILES string of the molecule is CSC(=C[N+](=O)[O-])NCCCOc1ccccc1. The molecule has 0 aliphatic heterocycles. The quantitative estimate of drug-likeness (QED) is 0.446. The van der Waals surface area contributed by atoms with Gasteiger partial charge in [-0.05, 0) is 24.8 Å². The zero-order chi connectivity index (χ0) is 13.2. The van der Waals surface area contributed by atoms with E-state index in [-0.39, 0.29) is 0 Å². The molecule has 0 aromatic heterocycles. The van der Waals surface area contributed by atoms with Crippen LogP contribution in [0, 0.1) is 10.1 Å². The van der Waals surface area contributed by atoms with Gasteiger partial charge in [0.05, 0.1) is 11.5 Å². The third-order valence-electron chi connectivity index (χ3n) is 2.07. The van der Waals surface area contributed by atoms with Crippen molar-refractivity contribution in [1.82, 2.24) is 5.32 Å². The fourth-order valence-corrected chi connectivity index (χ4v) is 1.69. The van der Waals surface area contributed by atoms with Crippen LogP contribution < -0.4 is 10.1 Å². The van der Waals surface area contributed by atoms with E-state index >= 15 is 0 Å². The van der Waals surface area contributed by atoms with Crippen LogP contribution in [0.3, 0.4) is 0 Å². The fourth-order valence-electron chi connectivity index (χ4n) is 1.26. The molecule has 0 fully saturated rings. The van der Waals surface area contributed by atoms with Gasteiger partial charge >= 0.3 is 0 Å². The number of thioether (sulfide) groups is 1. The summed E-state index contributed by atoms with van der Waals surface area (Å²) in [6.45, 7) is 1.23. The van der Waals surface area contributed by atoms with Crippen LogP contribution in [0.15, 0.2) is 41.6 Å². The van der Waals surface area contributed by atoms with Gasteiger partial charge in [0.2, 0.25) is 0 Å². The predicted molar refractivity (Wildman–Crippen MR) is 73.1 cm³/mol. The Morgan fingerprint density at radius 3 is 2.83 bits per heavy atom. The van der Waals surface area contributed by atoms with Crippen LogP contribution >= 0.6 is 11.8 Å². The number of nitrogens with zero attached hydrogens (tertiary/aromatic N) is 1. The monoisotopic (exact) mass is 268 g/mol. The van der Waals surface area contributed by atoms with Crippen molar-refractivity contribution < 1.29 is 9.66 Å². The molecule has 98 valence electrons. The average Bonchev–Trinajstić information content (AvgIpc) is 2.37. The molecule has 1 N–H and O–H groups in total. The third kappa shape index (κ3) is 6.15. The van der Waals surface area contributed by atoms with Gasteiger partial charge < -0.3 is 10.1 Å². The van der Waals surface area contributed by atoms with E-state index in [9.17, 15) is 10.1 Å². The van der Waals surface area contributed by atoms with E-state index < -0.39 is 4.92 Å². The fraction of sp³-hybridized carbons (Fsp3) is 0.333. The highest BCUT2D eigenvalue weighted by molar-refractivity contribution is 8.02. The maximum atomic E-state index is 10.3. The largest absolute Gasteiger partial charge is 0.494 e. The molecule has 0 atom stereocenters. The van der Waals surface area contributed by atoms with Gasteiger partial charge in [-0.15, -0.1) is 11.8 Å². The van der Waals surface area contributed by atoms with Crippen LogP contribution in [0.4, 0.5) is 0 Å². The molecule has 0 heterocycles. The Hall–Kier alpha value is -1.69. The highest BCUT2D eigenvalue weighted by atomic mass is 32.2. The van der Waals surface area contributed by atoms with Gasteiger partial charge in [0.25, 0.3) is 6.20 Å². The van der Waals surface area contributed by atoms with Crippen LogP contribution in [0.1, 0.15) is 6.42 Å². The lowest BCUT2D eigenvalue weighted by atomic mass is 10.3. The second kappa shape index (κ2) is 8.41. The minimum absolute atomic E-state index is 0.459. The molecule has 1 aromatic carbocycles. The number of ether oxygens (including phenoxy) is 1. The lowest BCUT2D eigenvalue weighted by Gasteiger charge is -2.07.